The van der Waals surface area contributed by atoms with Gasteiger partial charge in [0.2, 0.25) is 0 Å². The van der Waals surface area contributed by atoms with Crippen molar-refractivity contribution in [1.29, 1.82) is 0 Å². The second-order valence-corrected chi connectivity index (χ2v) is 4.97. The van der Waals surface area contributed by atoms with Crippen LogP contribution in [0.25, 0.3) is 0 Å². The van der Waals surface area contributed by atoms with E-state index in [0.717, 1.165) is 30.2 Å². The van der Waals surface area contributed by atoms with Crippen molar-refractivity contribution < 1.29 is 9.15 Å². The molecule has 108 valence electrons. The average Bonchev–Trinajstić information content (AvgIpc) is 2.81. The van der Waals surface area contributed by atoms with Gasteiger partial charge in [0, 0.05) is 42.7 Å². The van der Waals surface area contributed by atoms with E-state index in [1.807, 2.05) is 38.2 Å². The molecule has 0 fully saturated rings. The molecule has 0 aliphatic heterocycles. The van der Waals surface area contributed by atoms with E-state index >= 15 is 0 Å². The van der Waals surface area contributed by atoms with Gasteiger partial charge in [-0.3, -0.25) is 0 Å². The van der Waals surface area contributed by atoms with Gasteiger partial charge in [-0.1, -0.05) is 6.92 Å². The van der Waals surface area contributed by atoms with Crippen molar-refractivity contribution in [3.05, 3.63) is 41.9 Å². The van der Waals surface area contributed by atoms with E-state index in [2.05, 4.69) is 11.8 Å². The minimum absolute atomic E-state index is 0.702. The lowest BCUT2D eigenvalue weighted by Crippen LogP contribution is -2.16. The van der Waals surface area contributed by atoms with Gasteiger partial charge in [-0.25, -0.2) is 0 Å². The molecule has 2 rings (SSSR count). The van der Waals surface area contributed by atoms with Gasteiger partial charge in [-0.2, -0.15) is 0 Å². The van der Waals surface area contributed by atoms with Crippen molar-refractivity contribution in [2.24, 2.45) is 0 Å². The number of hydrogen-bond acceptors (Lipinski definition) is 4. The molecule has 0 radical (unpaired) electrons. The van der Waals surface area contributed by atoms with Crippen LogP contribution in [-0.4, -0.2) is 13.7 Å². The van der Waals surface area contributed by atoms with Gasteiger partial charge < -0.3 is 19.8 Å². The maximum absolute atomic E-state index is 5.95. The fourth-order valence-electron chi connectivity index (χ4n) is 2.05. The van der Waals surface area contributed by atoms with Crippen LogP contribution in [-0.2, 0) is 6.54 Å². The molecule has 0 aliphatic rings. The van der Waals surface area contributed by atoms with Crippen molar-refractivity contribution in [3.63, 3.8) is 0 Å². The van der Waals surface area contributed by atoms with Crippen LogP contribution in [0.15, 0.2) is 34.9 Å². The smallest absolute Gasteiger partial charge is 0.123 e. The highest BCUT2D eigenvalue weighted by atomic mass is 16.5. The number of aryl methyl sites for hydroxylation is 1. The summed E-state index contributed by atoms with van der Waals surface area (Å²) < 4.78 is 11.0. The zero-order chi connectivity index (χ0) is 14.5. The van der Waals surface area contributed by atoms with Crippen molar-refractivity contribution in [1.82, 2.24) is 0 Å². The number of ether oxygens (including phenoxy) is 1. The lowest BCUT2D eigenvalue weighted by atomic mass is 10.2. The summed E-state index contributed by atoms with van der Waals surface area (Å²) in [6.07, 6.45) is 2.70. The van der Waals surface area contributed by atoms with Gasteiger partial charge in [-0.05, 0) is 25.5 Å². The minimum Gasteiger partial charge on any atom is -0.493 e. The maximum Gasteiger partial charge on any atom is 0.123 e. The maximum atomic E-state index is 5.95. The monoisotopic (exact) mass is 274 g/mol. The zero-order valence-electron chi connectivity index (χ0n) is 12.3. The number of rotatable bonds is 6. The van der Waals surface area contributed by atoms with Crippen LogP contribution in [0.3, 0.4) is 0 Å². The molecule has 0 bridgehead atoms. The second-order valence-electron chi connectivity index (χ2n) is 4.97. The van der Waals surface area contributed by atoms with Crippen molar-refractivity contribution >= 4 is 11.4 Å². The molecule has 0 atom stereocenters. The van der Waals surface area contributed by atoms with Crippen LogP contribution < -0.4 is 15.4 Å². The number of hydrogen-bond donors (Lipinski definition) is 1. The Morgan fingerprint density at radius 2 is 2.10 bits per heavy atom. The van der Waals surface area contributed by atoms with Crippen LogP contribution in [0, 0.1) is 6.92 Å². The largest absolute Gasteiger partial charge is 0.493 e. The second kappa shape index (κ2) is 6.37. The van der Waals surface area contributed by atoms with E-state index < -0.39 is 0 Å². The summed E-state index contributed by atoms with van der Waals surface area (Å²) in [4.78, 5) is 2.13. The Morgan fingerprint density at radius 1 is 1.30 bits per heavy atom. The van der Waals surface area contributed by atoms with Gasteiger partial charge in [0.1, 0.15) is 11.5 Å². The van der Waals surface area contributed by atoms with Crippen LogP contribution in [0.5, 0.6) is 5.75 Å². The van der Waals surface area contributed by atoms with E-state index in [0.29, 0.717) is 12.3 Å². The molecular weight excluding hydrogens is 252 g/mol. The predicted octanol–water partition coefficient (Wildman–Crippen LogP) is 3.60. The van der Waals surface area contributed by atoms with Gasteiger partial charge in [0.05, 0.1) is 12.9 Å². The number of nitrogens with two attached hydrogens (primary N) is 1. The first-order valence-corrected chi connectivity index (χ1v) is 6.87. The Bertz CT molecular complexity index is 563. The fraction of sp³-hybridized carbons (Fsp3) is 0.375. The van der Waals surface area contributed by atoms with Gasteiger partial charge >= 0.3 is 0 Å². The van der Waals surface area contributed by atoms with E-state index in [4.69, 9.17) is 14.9 Å². The normalized spacial score (nSPS) is 10.6. The molecule has 1 aromatic heterocycles. The van der Waals surface area contributed by atoms with Crippen LogP contribution in [0.1, 0.15) is 24.7 Å². The minimum atomic E-state index is 0.702. The third-order valence-corrected chi connectivity index (χ3v) is 3.20. The predicted molar refractivity (Wildman–Crippen MR) is 82.2 cm³/mol. The molecule has 4 nitrogen and oxygen atoms in total. The molecule has 2 N–H and O–H groups in total. The first kappa shape index (κ1) is 14.3. The SMILES string of the molecule is CCCOc1cc(N)cc(N(C)Cc2ccoc2C)c1. The van der Waals surface area contributed by atoms with Crippen molar-refractivity contribution in [3.8, 4) is 5.75 Å². The summed E-state index contributed by atoms with van der Waals surface area (Å²) in [5.41, 5.74) is 8.87. The molecule has 1 aromatic carbocycles. The molecule has 4 heteroatoms. The Labute approximate surface area is 120 Å². The van der Waals surface area contributed by atoms with Crippen LogP contribution in [0.4, 0.5) is 11.4 Å². The highest BCUT2D eigenvalue weighted by molar-refractivity contribution is 5.60. The molecule has 0 unspecified atom stereocenters. The molecular formula is C16H22N2O2. The van der Waals surface area contributed by atoms with E-state index in [9.17, 15) is 0 Å². The summed E-state index contributed by atoms with van der Waals surface area (Å²) in [5, 5.41) is 0. The fourth-order valence-corrected chi connectivity index (χ4v) is 2.05. The first-order valence-electron chi connectivity index (χ1n) is 6.87. The van der Waals surface area contributed by atoms with Crippen LogP contribution in [0.2, 0.25) is 0 Å². The van der Waals surface area contributed by atoms with Gasteiger partial charge in [0.15, 0.2) is 0 Å². The Kier molecular flexibility index (Phi) is 4.56. The molecule has 0 spiro atoms. The first-order chi connectivity index (χ1) is 9.60. The molecule has 20 heavy (non-hydrogen) atoms. The molecule has 0 saturated heterocycles. The summed E-state index contributed by atoms with van der Waals surface area (Å²) in [5.74, 6) is 1.76. The molecule has 0 aliphatic carbocycles. The van der Waals surface area contributed by atoms with E-state index in [1.165, 1.54) is 5.56 Å². The Hall–Kier alpha value is -2.10. The number of nitrogens with zero attached hydrogens (tertiary/aromatic N) is 1. The number of nitrogen functional groups attached to an aromatic ring is 1. The number of furan rings is 1. The van der Waals surface area contributed by atoms with Gasteiger partial charge in [0.25, 0.3) is 0 Å². The zero-order valence-corrected chi connectivity index (χ0v) is 12.3. The van der Waals surface area contributed by atoms with Gasteiger partial charge in [-0.15, -0.1) is 0 Å². The quantitative estimate of drug-likeness (QED) is 0.818. The Morgan fingerprint density at radius 3 is 2.75 bits per heavy atom. The highest BCUT2D eigenvalue weighted by Gasteiger charge is 2.08. The third kappa shape index (κ3) is 3.47. The summed E-state index contributed by atoms with van der Waals surface area (Å²) >= 11 is 0. The lowest BCUT2D eigenvalue weighted by molar-refractivity contribution is 0.317. The number of benzene rings is 1. The van der Waals surface area contributed by atoms with Crippen LogP contribution >= 0.6 is 0 Å². The lowest BCUT2D eigenvalue weighted by Gasteiger charge is -2.20. The Balaban J connectivity index is 2.14. The molecule has 2 aromatic rings. The number of anilines is 2. The van der Waals surface area contributed by atoms with Crippen molar-refractivity contribution in [2.75, 3.05) is 24.3 Å². The van der Waals surface area contributed by atoms with Crippen molar-refractivity contribution in [2.45, 2.75) is 26.8 Å². The topological polar surface area (TPSA) is 51.6 Å². The third-order valence-electron chi connectivity index (χ3n) is 3.20. The molecule has 0 amide bonds. The highest BCUT2D eigenvalue weighted by Crippen LogP contribution is 2.26. The molecule has 1 heterocycles. The average molecular weight is 274 g/mol. The standard InChI is InChI=1S/C16H22N2O2/c1-4-6-20-16-9-14(17)8-15(10-16)18(3)11-13-5-7-19-12(13)2/h5,7-10H,4,6,11,17H2,1-3H3. The van der Waals surface area contributed by atoms with E-state index in [1.54, 1.807) is 6.26 Å². The summed E-state index contributed by atoms with van der Waals surface area (Å²) in [7, 11) is 2.03. The molecule has 0 saturated carbocycles. The summed E-state index contributed by atoms with van der Waals surface area (Å²) in [6, 6.07) is 7.82. The summed E-state index contributed by atoms with van der Waals surface area (Å²) in [6.45, 7) is 5.53. The van der Waals surface area contributed by atoms with E-state index in [-0.39, 0.29) is 0 Å².